The van der Waals surface area contributed by atoms with E-state index in [1.807, 2.05) is 6.07 Å². The Morgan fingerprint density at radius 3 is 2.82 bits per heavy atom. The number of esters is 1. The van der Waals surface area contributed by atoms with E-state index >= 15 is 0 Å². The van der Waals surface area contributed by atoms with Gasteiger partial charge in [0, 0.05) is 11.5 Å². The van der Waals surface area contributed by atoms with Gasteiger partial charge in [-0.1, -0.05) is 18.2 Å². The fourth-order valence-electron chi connectivity index (χ4n) is 2.86. The number of amides is 1. The minimum Gasteiger partial charge on any atom is -0.460 e. The summed E-state index contributed by atoms with van der Waals surface area (Å²) in [5.41, 5.74) is 1.55. The van der Waals surface area contributed by atoms with Gasteiger partial charge in [-0.15, -0.1) is 0 Å². The van der Waals surface area contributed by atoms with Crippen molar-refractivity contribution in [2.24, 2.45) is 0 Å². The second kappa shape index (κ2) is 7.48. The number of carbonyl (C=O) groups is 2. The van der Waals surface area contributed by atoms with Crippen molar-refractivity contribution in [3.05, 3.63) is 59.9 Å². The van der Waals surface area contributed by atoms with Crippen LogP contribution < -0.4 is 14.8 Å². The van der Waals surface area contributed by atoms with Gasteiger partial charge in [0.1, 0.15) is 11.3 Å². The van der Waals surface area contributed by atoms with Crippen molar-refractivity contribution in [1.29, 1.82) is 0 Å². The fraction of sp³-hybridized carbons (Fsp3) is 0.143. The maximum atomic E-state index is 12.4. The lowest BCUT2D eigenvalue weighted by molar-refractivity contribution is -0.111. The molecule has 0 bridgehead atoms. The van der Waals surface area contributed by atoms with Gasteiger partial charge in [0.15, 0.2) is 11.5 Å². The van der Waals surface area contributed by atoms with E-state index in [2.05, 4.69) is 5.32 Å². The fourth-order valence-corrected chi connectivity index (χ4v) is 2.86. The van der Waals surface area contributed by atoms with E-state index in [9.17, 15) is 9.59 Å². The summed E-state index contributed by atoms with van der Waals surface area (Å²) in [6.07, 6.45) is 3.01. The van der Waals surface area contributed by atoms with Gasteiger partial charge in [0.25, 0.3) is 0 Å². The zero-order valence-electron chi connectivity index (χ0n) is 15.1. The van der Waals surface area contributed by atoms with Gasteiger partial charge in [-0.25, -0.2) is 4.79 Å². The maximum Gasteiger partial charge on any atom is 0.376 e. The highest BCUT2D eigenvalue weighted by Crippen LogP contribution is 2.33. The van der Waals surface area contributed by atoms with E-state index in [-0.39, 0.29) is 24.8 Å². The first-order valence-corrected chi connectivity index (χ1v) is 8.73. The van der Waals surface area contributed by atoms with Gasteiger partial charge in [-0.05, 0) is 42.8 Å². The molecule has 142 valence electrons. The number of fused-ring (bicyclic) bond motifs is 2. The number of benzene rings is 2. The molecule has 0 atom stereocenters. The third kappa shape index (κ3) is 3.42. The summed E-state index contributed by atoms with van der Waals surface area (Å²) < 4.78 is 21.2. The standard InChI is InChI=1S/C21H17NO6/c1-2-25-21(24)20-19(14-5-3-4-6-15(14)28-20)22-18(23)10-8-13-7-9-16-17(11-13)27-12-26-16/h3-11H,2,12H2,1H3,(H,22,23)/b10-8-. The Morgan fingerprint density at radius 1 is 1.14 bits per heavy atom. The minimum absolute atomic E-state index is 0.0344. The van der Waals surface area contributed by atoms with Crippen LogP contribution in [0.1, 0.15) is 23.0 Å². The molecule has 0 unspecified atom stereocenters. The van der Waals surface area contributed by atoms with Crippen LogP contribution in [-0.4, -0.2) is 25.3 Å². The van der Waals surface area contributed by atoms with Crippen molar-refractivity contribution < 1.29 is 28.2 Å². The first-order valence-electron chi connectivity index (χ1n) is 8.73. The minimum atomic E-state index is -0.631. The van der Waals surface area contributed by atoms with Crippen LogP contribution in [0.15, 0.2) is 53.0 Å². The number of hydrogen-bond acceptors (Lipinski definition) is 6. The Hall–Kier alpha value is -3.74. The molecule has 1 aromatic heterocycles. The molecule has 0 fully saturated rings. The van der Waals surface area contributed by atoms with Crippen LogP contribution in [0, 0.1) is 0 Å². The monoisotopic (exact) mass is 379 g/mol. The zero-order valence-corrected chi connectivity index (χ0v) is 15.1. The number of hydrogen-bond donors (Lipinski definition) is 1. The van der Waals surface area contributed by atoms with Crippen LogP contribution in [0.3, 0.4) is 0 Å². The van der Waals surface area contributed by atoms with Crippen LogP contribution in [0.2, 0.25) is 0 Å². The van der Waals surface area contributed by atoms with Crippen molar-refractivity contribution in [2.45, 2.75) is 6.92 Å². The molecular formula is C21H17NO6. The van der Waals surface area contributed by atoms with Gasteiger partial charge >= 0.3 is 5.97 Å². The van der Waals surface area contributed by atoms with Gasteiger partial charge in [0.05, 0.1) is 6.61 Å². The lowest BCUT2D eigenvalue weighted by Crippen LogP contribution is -2.12. The molecule has 4 rings (SSSR count). The summed E-state index contributed by atoms with van der Waals surface area (Å²) in [5.74, 6) is 0.231. The lowest BCUT2D eigenvalue weighted by atomic mass is 10.2. The summed E-state index contributed by atoms with van der Waals surface area (Å²) in [6, 6.07) is 12.4. The summed E-state index contributed by atoms with van der Waals surface area (Å²) in [7, 11) is 0. The van der Waals surface area contributed by atoms with Crippen LogP contribution in [0.5, 0.6) is 11.5 Å². The molecule has 0 saturated carbocycles. The average Bonchev–Trinajstić information content (AvgIpc) is 3.31. The molecule has 0 spiro atoms. The molecule has 1 aliphatic heterocycles. The Morgan fingerprint density at radius 2 is 1.96 bits per heavy atom. The van der Waals surface area contributed by atoms with E-state index in [0.29, 0.717) is 22.5 Å². The van der Waals surface area contributed by atoms with Crippen LogP contribution >= 0.6 is 0 Å². The number of nitrogens with one attached hydrogen (secondary N) is 1. The number of para-hydroxylation sites is 1. The molecule has 7 nitrogen and oxygen atoms in total. The quantitative estimate of drug-likeness (QED) is 0.533. The van der Waals surface area contributed by atoms with E-state index in [0.717, 1.165) is 5.56 Å². The second-order valence-corrected chi connectivity index (χ2v) is 5.96. The van der Waals surface area contributed by atoms with Crippen LogP contribution in [0.4, 0.5) is 5.69 Å². The number of anilines is 1. The highest BCUT2D eigenvalue weighted by atomic mass is 16.7. The van der Waals surface area contributed by atoms with Gasteiger partial charge < -0.3 is 23.9 Å². The highest BCUT2D eigenvalue weighted by molar-refractivity contribution is 6.12. The number of rotatable bonds is 5. The maximum absolute atomic E-state index is 12.4. The molecule has 2 aromatic carbocycles. The summed E-state index contributed by atoms with van der Waals surface area (Å²) in [5, 5.41) is 3.34. The van der Waals surface area contributed by atoms with Gasteiger partial charge in [-0.2, -0.15) is 0 Å². The van der Waals surface area contributed by atoms with Crippen molar-refractivity contribution in [1.82, 2.24) is 0 Å². The van der Waals surface area contributed by atoms with Crippen LogP contribution in [-0.2, 0) is 9.53 Å². The first-order chi connectivity index (χ1) is 13.7. The summed E-state index contributed by atoms with van der Waals surface area (Å²) in [4.78, 5) is 24.6. The van der Waals surface area contributed by atoms with Crippen molar-refractivity contribution in [3.8, 4) is 11.5 Å². The smallest absolute Gasteiger partial charge is 0.376 e. The summed E-state index contributed by atoms with van der Waals surface area (Å²) >= 11 is 0. The topological polar surface area (TPSA) is 87.0 Å². The molecule has 1 aliphatic rings. The SMILES string of the molecule is CCOC(=O)c1oc2ccccc2c1NC(=O)/C=C\c1ccc2c(c1)OCO2. The number of carbonyl (C=O) groups excluding carboxylic acids is 2. The first kappa shape index (κ1) is 17.7. The molecule has 7 heteroatoms. The number of ether oxygens (including phenoxy) is 3. The van der Waals surface area contributed by atoms with Crippen molar-refractivity contribution in [2.75, 3.05) is 18.7 Å². The normalized spacial score (nSPS) is 12.5. The van der Waals surface area contributed by atoms with Gasteiger partial charge in [-0.3, -0.25) is 4.79 Å². The third-order valence-electron chi connectivity index (χ3n) is 4.13. The van der Waals surface area contributed by atoms with E-state index < -0.39 is 11.9 Å². The molecule has 0 radical (unpaired) electrons. The Labute approximate surface area is 160 Å². The molecule has 0 aliphatic carbocycles. The molecule has 28 heavy (non-hydrogen) atoms. The molecule has 0 saturated heterocycles. The van der Waals surface area contributed by atoms with Crippen molar-refractivity contribution >= 4 is 34.6 Å². The summed E-state index contributed by atoms with van der Waals surface area (Å²) in [6.45, 7) is 2.09. The van der Waals surface area contributed by atoms with E-state index in [1.54, 1.807) is 49.4 Å². The third-order valence-corrected chi connectivity index (χ3v) is 4.13. The van der Waals surface area contributed by atoms with Crippen molar-refractivity contribution in [3.63, 3.8) is 0 Å². The lowest BCUT2D eigenvalue weighted by Gasteiger charge is -2.04. The number of furan rings is 1. The Bertz CT molecular complexity index is 1080. The molecule has 1 amide bonds. The van der Waals surface area contributed by atoms with Gasteiger partial charge in [0.2, 0.25) is 18.5 Å². The Balaban J connectivity index is 1.58. The Kier molecular flexibility index (Phi) is 4.72. The molecule has 3 aromatic rings. The molecular weight excluding hydrogens is 362 g/mol. The highest BCUT2D eigenvalue weighted by Gasteiger charge is 2.22. The predicted octanol–water partition coefficient (Wildman–Crippen LogP) is 3.99. The van der Waals surface area contributed by atoms with E-state index in [4.69, 9.17) is 18.6 Å². The zero-order chi connectivity index (χ0) is 19.5. The average molecular weight is 379 g/mol. The predicted molar refractivity (Wildman–Crippen MR) is 102 cm³/mol. The second-order valence-electron chi connectivity index (χ2n) is 5.96. The molecule has 2 heterocycles. The van der Waals surface area contributed by atoms with E-state index in [1.165, 1.54) is 6.08 Å². The van der Waals surface area contributed by atoms with Crippen LogP contribution in [0.25, 0.3) is 17.0 Å². The largest absolute Gasteiger partial charge is 0.460 e. The molecule has 1 N–H and O–H groups in total.